The summed E-state index contributed by atoms with van der Waals surface area (Å²) in [5, 5.41) is 0. The van der Waals surface area contributed by atoms with Crippen LogP contribution in [0.1, 0.15) is 5.69 Å². The molecule has 2 rings (SSSR count). The highest BCUT2D eigenvalue weighted by molar-refractivity contribution is 5.59. The van der Waals surface area contributed by atoms with Crippen molar-refractivity contribution in [3.05, 3.63) is 24.0 Å². The summed E-state index contributed by atoms with van der Waals surface area (Å²) in [7, 11) is 0. The average molecular weight is 202 g/mol. The van der Waals surface area contributed by atoms with Gasteiger partial charge in [-0.25, -0.2) is 0 Å². The van der Waals surface area contributed by atoms with Crippen molar-refractivity contribution in [2.24, 2.45) is 0 Å². The van der Waals surface area contributed by atoms with E-state index in [1.807, 2.05) is 13.0 Å². The minimum absolute atomic E-state index is 0.112. The average Bonchev–Trinajstić information content (AvgIpc) is 2.16. The molecule has 2 heterocycles. The fourth-order valence-corrected chi connectivity index (χ4v) is 1.25. The first-order chi connectivity index (χ1) is 7.16. The fraction of sp³-hybridized carbons (Fsp3) is 0.111. The van der Waals surface area contributed by atoms with Crippen LogP contribution in [0.15, 0.2) is 18.3 Å². The lowest BCUT2D eigenvalue weighted by molar-refractivity contribution is 1.07. The Morgan fingerprint density at radius 2 is 1.73 bits per heavy atom. The van der Waals surface area contributed by atoms with Gasteiger partial charge in [0.2, 0.25) is 11.9 Å². The van der Waals surface area contributed by atoms with E-state index in [-0.39, 0.29) is 11.9 Å². The van der Waals surface area contributed by atoms with Crippen molar-refractivity contribution in [1.29, 1.82) is 0 Å². The van der Waals surface area contributed by atoms with Crippen LogP contribution in [0.5, 0.6) is 0 Å². The van der Waals surface area contributed by atoms with Gasteiger partial charge in [-0.15, -0.1) is 0 Å². The summed E-state index contributed by atoms with van der Waals surface area (Å²) in [5.41, 5.74) is 12.6. The van der Waals surface area contributed by atoms with Gasteiger partial charge in [0.1, 0.15) is 0 Å². The third-order valence-electron chi connectivity index (χ3n) is 1.92. The van der Waals surface area contributed by atoms with Crippen LogP contribution < -0.4 is 11.5 Å². The molecule has 0 fully saturated rings. The van der Waals surface area contributed by atoms with E-state index in [0.717, 1.165) is 11.3 Å². The second kappa shape index (κ2) is 3.49. The minimum Gasteiger partial charge on any atom is -0.368 e. The van der Waals surface area contributed by atoms with E-state index in [1.54, 1.807) is 12.3 Å². The molecule has 0 spiro atoms. The lowest BCUT2D eigenvalue weighted by Crippen LogP contribution is -2.05. The van der Waals surface area contributed by atoms with Gasteiger partial charge in [-0.2, -0.15) is 15.0 Å². The van der Waals surface area contributed by atoms with Crippen molar-refractivity contribution in [2.75, 3.05) is 11.5 Å². The van der Waals surface area contributed by atoms with Crippen molar-refractivity contribution in [2.45, 2.75) is 6.92 Å². The fourth-order valence-electron chi connectivity index (χ4n) is 1.25. The molecule has 0 unspecified atom stereocenters. The number of anilines is 2. The maximum Gasteiger partial charge on any atom is 0.225 e. The molecular formula is C9H10N6. The van der Waals surface area contributed by atoms with Crippen LogP contribution in [-0.4, -0.2) is 19.9 Å². The second-order valence-electron chi connectivity index (χ2n) is 3.01. The van der Waals surface area contributed by atoms with E-state index in [0.29, 0.717) is 5.82 Å². The molecule has 0 aromatic carbocycles. The molecule has 0 aliphatic carbocycles. The SMILES string of the molecule is Cc1ncccc1-c1nc(N)nc(N)n1. The first-order valence-electron chi connectivity index (χ1n) is 4.36. The number of rotatable bonds is 1. The van der Waals surface area contributed by atoms with E-state index in [1.165, 1.54) is 0 Å². The van der Waals surface area contributed by atoms with Crippen molar-refractivity contribution >= 4 is 11.9 Å². The Balaban J connectivity index is 2.59. The minimum atomic E-state index is 0.112. The van der Waals surface area contributed by atoms with Gasteiger partial charge in [-0.05, 0) is 19.1 Å². The highest BCUT2D eigenvalue weighted by atomic mass is 15.1. The third-order valence-corrected chi connectivity index (χ3v) is 1.92. The largest absolute Gasteiger partial charge is 0.368 e. The first kappa shape index (κ1) is 9.32. The second-order valence-corrected chi connectivity index (χ2v) is 3.01. The molecule has 6 nitrogen and oxygen atoms in total. The molecule has 0 saturated carbocycles. The van der Waals surface area contributed by atoms with Crippen molar-refractivity contribution in [1.82, 2.24) is 19.9 Å². The molecule has 0 aliphatic rings. The van der Waals surface area contributed by atoms with Crippen LogP contribution in [0.3, 0.4) is 0 Å². The molecule has 0 amide bonds. The van der Waals surface area contributed by atoms with Gasteiger partial charge >= 0.3 is 0 Å². The summed E-state index contributed by atoms with van der Waals surface area (Å²) in [4.78, 5) is 15.8. The Kier molecular flexibility index (Phi) is 2.17. The standard InChI is InChI=1S/C9H10N6/c1-5-6(3-2-4-12-5)7-13-8(10)15-9(11)14-7/h2-4H,1H3,(H4,10,11,13,14,15). The monoisotopic (exact) mass is 202 g/mol. The normalized spacial score (nSPS) is 10.2. The molecular weight excluding hydrogens is 192 g/mol. The Labute approximate surface area is 86.4 Å². The van der Waals surface area contributed by atoms with Crippen LogP contribution >= 0.6 is 0 Å². The van der Waals surface area contributed by atoms with Crippen molar-refractivity contribution < 1.29 is 0 Å². The van der Waals surface area contributed by atoms with Crippen LogP contribution in [0.2, 0.25) is 0 Å². The summed E-state index contributed by atoms with van der Waals surface area (Å²) in [6, 6.07) is 3.66. The molecule has 6 heteroatoms. The van der Waals surface area contributed by atoms with E-state index in [4.69, 9.17) is 11.5 Å². The molecule has 0 aliphatic heterocycles. The third kappa shape index (κ3) is 1.83. The van der Waals surface area contributed by atoms with E-state index >= 15 is 0 Å². The molecule has 4 N–H and O–H groups in total. The van der Waals surface area contributed by atoms with Crippen LogP contribution in [0, 0.1) is 6.92 Å². The van der Waals surface area contributed by atoms with Gasteiger partial charge in [-0.1, -0.05) is 0 Å². The van der Waals surface area contributed by atoms with Gasteiger partial charge in [0.25, 0.3) is 0 Å². The number of nitrogens with two attached hydrogens (primary N) is 2. The van der Waals surface area contributed by atoms with E-state index in [2.05, 4.69) is 19.9 Å². The van der Waals surface area contributed by atoms with Crippen molar-refractivity contribution in [3.8, 4) is 11.4 Å². The van der Waals surface area contributed by atoms with Gasteiger partial charge in [0, 0.05) is 17.5 Å². The summed E-state index contributed by atoms with van der Waals surface area (Å²) < 4.78 is 0. The number of aromatic nitrogens is 4. The summed E-state index contributed by atoms with van der Waals surface area (Å²) in [6.07, 6.45) is 1.70. The zero-order chi connectivity index (χ0) is 10.8. The van der Waals surface area contributed by atoms with Gasteiger partial charge in [-0.3, -0.25) is 4.98 Å². The van der Waals surface area contributed by atoms with E-state index in [9.17, 15) is 0 Å². The van der Waals surface area contributed by atoms with Gasteiger partial charge < -0.3 is 11.5 Å². The number of nitrogen functional groups attached to an aromatic ring is 2. The Bertz CT molecular complexity index is 475. The van der Waals surface area contributed by atoms with Gasteiger partial charge in [0.15, 0.2) is 5.82 Å². The Morgan fingerprint density at radius 1 is 1.07 bits per heavy atom. The zero-order valence-electron chi connectivity index (χ0n) is 8.18. The number of pyridine rings is 1. The first-order valence-corrected chi connectivity index (χ1v) is 4.36. The molecule has 2 aromatic heterocycles. The summed E-state index contributed by atoms with van der Waals surface area (Å²) in [5.74, 6) is 0.673. The summed E-state index contributed by atoms with van der Waals surface area (Å²) in [6.45, 7) is 1.87. The quantitative estimate of drug-likeness (QED) is 0.694. The molecule has 76 valence electrons. The predicted octanol–water partition coefficient (Wildman–Crippen LogP) is 0.406. The topological polar surface area (TPSA) is 104 Å². The molecule has 0 saturated heterocycles. The van der Waals surface area contributed by atoms with Crippen molar-refractivity contribution in [3.63, 3.8) is 0 Å². The lowest BCUT2D eigenvalue weighted by Gasteiger charge is -2.03. The number of hydrogen-bond acceptors (Lipinski definition) is 6. The van der Waals surface area contributed by atoms with Crippen LogP contribution in [0.25, 0.3) is 11.4 Å². The predicted molar refractivity (Wildman–Crippen MR) is 56.6 cm³/mol. The van der Waals surface area contributed by atoms with Crippen LogP contribution in [-0.2, 0) is 0 Å². The molecule has 2 aromatic rings. The molecule has 0 atom stereocenters. The highest BCUT2D eigenvalue weighted by Crippen LogP contribution is 2.18. The summed E-state index contributed by atoms with van der Waals surface area (Å²) >= 11 is 0. The number of aryl methyl sites for hydroxylation is 1. The smallest absolute Gasteiger partial charge is 0.225 e. The molecule has 0 radical (unpaired) electrons. The maximum absolute atomic E-state index is 5.48. The van der Waals surface area contributed by atoms with Gasteiger partial charge in [0.05, 0.1) is 0 Å². The van der Waals surface area contributed by atoms with Crippen LogP contribution in [0.4, 0.5) is 11.9 Å². The maximum atomic E-state index is 5.48. The molecule has 0 bridgehead atoms. The van der Waals surface area contributed by atoms with E-state index < -0.39 is 0 Å². The Morgan fingerprint density at radius 3 is 2.33 bits per heavy atom. The number of hydrogen-bond donors (Lipinski definition) is 2. The lowest BCUT2D eigenvalue weighted by atomic mass is 10.2. The Hall–Kier alpha value is -2.24. The number of nitrogens with zero attached hydrogens (tertiary/aromatic N) is 4. The highest BCUT2D eigenvalue weighted by Gasteiger charge is 2.07. The zero-order valence-corrected chi connectivity index (χ0v) is 8.18. The molecule has 15 heavy (non-hydrogen) atoms.